The van der Waals surface area contributed by atoms with Crippen molar-refractivity contribution in [2.75, 3.05) is 19.8 Å². The van der Waals surface area contributed by atoms with Crippen LogP contribution in [-0.2, 0) is 4.74 Å². The van der Waals surface area contributed by atoms with Gasteiger partial charge >= 0.3 is 5.97 Å². The van der Waals surface area contributed by atoms with E-state index in [0.717, 1.165) is 0 Å². The quantitative estimate of drug-likeness (QED) is 0.720. The number of ether oxygens (including phenoxy) is 1. The zero-order chi connectivity index (χ0) is 13.2. The molecule has 0 amide bonds. The Morgan fingerprint density at radius 2 is 2.39 bits per heavy atom. The van der Waals surface area contributed by atoms with Gasteiger partial charge < -0.3 is 24.7 Å². The number of hydrogen-bond donors (Lipinski definition) is 3. The number of nitrogens with one attached hydrogen (secondary N) is 1. The van der Waals surface area contributed by atoms with Crippen LogP contribution in [0.3, 0.4) is 0 Å². The first-order valence-corrected chi connectivity index (χ1v) is 5.87. The smallest absolute Gasteiger partial charge is 0.371 e. The van der Waals surface area contributed by atoms with Crippen molar-refractivity contribution in [3.05, 3.63) is 23.7 Å². The lowest BCUT2D eigenvalue weighted by Crippen LogP contribution is -2.41. The molecule has 1 fully saturated rings. The number of aromatic carboxylic acids is 1. The van der Waals surface area contributed by atoms with E-state index >= 15 is 0 Å². The van der Waals surface area contributed by atoms with Crippen LogP contribution in [0.15, 0.2) is 16.5 Å². The van der Waals surface area contributed by atoms with E-state index < -0.39 is 11.6 Å². The summed E-state index contributed by atoms with van der Waals surface area (Å²) in [4.78, 5) is 10.7. The molecule has 0 aromatic carbocycles. The van der Waals surface area contributed by atoms with E-state index in [2.05, 4.69) is 5.32 Å². The van der Waals surface area contributed by atoms with Crippen molar-refractivity contribution in [2.24, 2.45) is 0 Å². The fourth-order valence-corrected chi connectivity index (χ4v) is 1.88. The first-order chi connectivity index (χ1) is 8.50. The number of carbonyl (C=O) groups is 1. The van der Waals surface area contributed by atoms with Gasteiger partial charge in [-0.1, -0.05) is 0 Å². The fourth-order valence-electron chi connectivity index (χ4n) is 1.88. The molecule has 1 aliphatic heterocycles. The molecule has 0 aliphatic carbocycles. The lowest BCUT2D eigenvalue weighted by atomic mass is 10.0. The van der Waals surface area contributed by atoms with Gasteiger partial charge in [-0.05, 0) is 19.1 Å². The third kappa shape index (κ3) is 2.90. The molecular weight excluding hydrogens is 238 g/mol. The Morgan fingerprint density at radius 1 is 1.61 bits per heavy atom. The molecule has 2 rings (SSSR count). The molecule has 100 valence electrons. The van der Waals surface area contributed by atoms with Crippen molar-refractivity contribution in [3.63, 3.8) is 0 Å². The molecule has 6 nitrogen and oxygen atoms in total. The Labute approximate surface area is 105 Å². The van der Waals surface area contributed by atoms with E-state index in [-0.39, 0.29) is 11.8 Å². The molecule has 1 saturated heterocycles. The van der Waals surface area contributed by atoms with Crippen molar-refractivity contribution < 1.29 is 24.2 Å². The van der Waals surface area contributed by atoms with Gasteiger partial charge in [-0.3, -0.25) is 0 Å². The second-order valence-corrected chi connectivity index (χ2v) is 4.64. The predicted octanol–water partition coefficient (Wildman–Crippen LogP) is 0.780. The second-order valence-electron chi connectivity index (χ2n) is 4.64. The molecule has 1 aliphatic rings. The Kier molecular flexibility index (Phi) is 3.70. The summed E-state index contributed by atoms with van der Waals surface area (Å²) in [6, 6.07) is 2.88. The summed E-state index contributed by atoms with van der Waals surface area (Å²) in [5, 5.41) is 21.9. The van der Waals surface area contributed by atoms with E-state index in [1.807, 2.05) is 6.92 Å². The van der Waals surface area contributed by atoms with Gasteiger partial charge in [0.15, 0.2) is 0 Å². The van der Waals surface area contributed by atoms with E-state index in [1.165, 1.54) is 6.07 Å². The summed E-state index contributed by atoms with van der Waals surface area (Å²) in [5.41, 5.74) is -0.837. The molecule has 0 saturated carbocycles. The number of furan rings is 1. The molecule has 6 heteroatoms. The summed E-state index contributed by atoms with van der Waals surface area (Å²) >= 11 is 0. The van der Waals surface area contributed by atoms with Crippen LogP contribution in [0.4, 0.5) is 0 Å². The molecule has 3 N–H and O–H groups in total. The first kappa shape index (κ1) is 13.1. The Bertz CT molecular complexity index is 422. The number of carboxylic acid groups (broad SMARTS) is 1. The van der Waals surface area contributed by atoms with E-state index in [0.29, 0.717) is 31.9 Å². The number of rotatable bonds is 5. The number of carboxylic acids is 1. The van der Waals surface area contributed by atoms with Gasteiger partial charge in [-0.25, -0.2) is 4.79 Å². The Morgan fingerprint density at radius 3 is 2.94 bits per heavy atom. The highest BCUT2D eigenvalue weighted by molar-refractivity contribution is 5.84. The summed E-state index contributed by atoms with van der Waals surface area (Å²) in [7, 11) is 0. The van der Waals surface area contributed by atoms with Crippen LogP contribution < -0.4 is 5.32 Å². The van der Waals surface area contributed by atoms with E-state index in [9.17, 15) is 9.90 Å². The van der Waals surface area contributed by atoms with Crippen LogP contribution >= 0.6 is 0 Å². The molecule has 2 heterocycles. The van der Waals surface area contributed by atoms with Gasteiger partial charge in [0.25, 0.3) is 0 Å². The van der Waals surface area contributed by atoms with Gasteiger partial charge in [0.2, 0.25) is 5.76 Å². The molecule has 2 unspecified atom stereocenters. The minimum Gasteiger partial charge on any atom is -0.475 e. The third-order valence-electron chi connectivity index (χ3n) is 3.08. The van der Waals surface area contributed by atoms with Crippen LogP contribution in [0.25, 0.3) is 0 Å². The van der Waals surface area contributed by atoms with Gasteiger partial charge in [-0.2, -0.15) is 0 Å². The van der Waals surface area contributed by atoms with Crippen molar-refractivity contribution in [2.45, 2.75) is 25.0 Å². The van der Waals surface area contributed by atoms with Crippen LogP contribution in [0, 0.1) is 0 Å². The zero-order valence-corrected chi connectivity index (χ0v) is 10.2. The van der Waals surface area contributed by atoms with E-state index in [1.54, 1.807) is 6.07 Å². The molecule has 1 aromatic heterocycles. The SMILES string of the molecule is CC(NCC1(O)CCOC1)c1ccc(C(=O)O)o1. The molecule has 0 radical (unpaired) electrons. The average molecular weight is 255 g/mol. The topological polar surface area (TPSA) is 91.9 Å². The maximum atomic E-state index is 10.7. The van der Waals surface area contributed by atoms with Crippen molar-refractivity contribution in [3.8, 4) is 0 Å². The fraction of sp³-hybridized carbons (Fsp3) is 0.583. The minimum absolute atomic E-state index is 0.0819. The maximum Gasteiger partial charge on any atom is 0.371 e. The molecule has 0 spiro atoms. The van der Waals surface area contributed by atoms with Crippen molar-refractivity contribution >= 4 is 5.97 Å². The van der Waals surface area contributed by atoms with Crippen LogP contribution in [0.5, 0.6) is 0 Å². The molecule has 0 bridgehead atoms. The van der Waals surface area contributed by atoms with Crippen LogP contribution in [0.2, 0.25) is 0 Å². The van der Waals surface area contributed by atoms with Crippen LogP contribution in [0.1, 0.15) is 35.7 Å². The second kappa shape index (κ2) is 5.09. The van der Waals surface area contributed by atoms with Gasteiger partial charge in [0.05, 0.1) is 12.6 Å². The summed E-state index contributed by atoms with van der Waals surface area (Å²) < 4.78 is 10.3. The predicted molar refractivity (Wildman–Crippen MR) is 62.5 cm³/mol. The van der Waals surface area contributed by atoms with E-state index in [4.69, 9.17) is 14.3 Å². The largest absolute Gasteiger partial charge is 0.475 e. The third-order valence-corrected chi connectivity index (χ3v) is 3.08. The van der Waals surface area contributed by atoms with Crippen molar-refractivity contribution in [1.82, 2.24) is 5.32 Å². The first-order valence-electron chi connectivity index (χ1n) is 5.87. The Balaban J connectivity index is 1.90. The highest BCUT2D eigenvalue weighted by Gasteiger charge is 2.32. The summed E-state index contributed by atoms with van der Waals surface area (Å²) in [5.74, 6) is -0.632. The Hall–Kier alpha value is -1.37. The average Bonchev–Trinajstić information content (AvgIpc) is 2.95. The molecule has 1 aromatic rings. The molecular formula is C12H17NO5. The standard InChI is InChI=1S/C12H17NO5/c1-8(9-2-3-10(18-9)11(14)15)13-6-12(16)4-5-17-7-12/h2-3,8,13,16H,4-7H2,1H3,(H,14,15). The number of hydrogen-bond acceptors (Lipinski definition) is 5. The lowest BCUT2D eigenvalue weighted by Gasteiger charge is -2.22. The maximum absolute atomic E-state index is 10.7. The minimum atomic E-state index is -1.09. The summed E-state index contributed by atoms with van der Waals surface area (Å²) in [6.45, 7) is 3.13. The van der Waals surface area contributed by atoms with Crippen molar-refractivity contribution in [1.29, 1.82) is 0 Å². The van der Waals surface area contributed by atoms with Crippen LogP contribution in [-0.4, -0.2) is 41.5 Å². The molecule has 18 heavy (non-hydrogen) atoms. The normalized spacial score (nSPS) is 25.2. The number of aliphatic hydroxyl groups is 1. The summed E-state index contributed by atoms with van der Waals surface area (Å²) in [6.07, 6.45) is 0.602. The van der Waals surface area contributed by atoms with Gasteiger partial charge in [-0.15, -0.1) is 0 Å². The highest BCUT2D eigenvalue weighted by atomic mass is 16.5. The van der Waals surface area contributed by atoms with Gasteiger partial charge in [0, 0.05) is 19.6 Å². The lowest BCUT2D eigenvalue weighted by molar-refractivity contribution is 0.0246. The monoisotopic (exact) mass is 255 g/mol. The van der Waals surface area contributed by atoms with Gasteiger partial charge in [0.1, 0.15) is 11.4 Å². The molecule has 2 atom stereocenters. The zero-order valence-electron chi connectivity index (χ0n) is 10.2. The highest BCUT2D eigenvalue weighted by Crippen LogP contribution is 2.20.